The number of ether oxygens (including phenoxy) is 1. The van der Waals surface area contributed by atoms with Crippen LogP contribution in [0.2, 0.25) is 0 Å². The number of carbonyl (C=O) groups is 1. The van der Waals surface area contributed by atoms with Gasteiger partial charge in [-0.3, -0.25) is 4.79 Å². The van der Waals surface area contributed by atoms with Gasteiger partial charge in [0.05, 0.1) is 17.0 Å². The van der Waals surface area contributed by atoms with Crippen LogP contribution in [-0.4, -0.2) is 5.78 Å². The molecular weight excluding hydrogens is 414 g/mol. The highest BCUT2D eigenvalue weighted by molar-refractivity contribution is 6.00. The van der Waals surface area contributed by atoms with Crippen molar-refractivity contribution in [3.05, 3.63) is 57.7 Å². The molecule has 0 radical (unpaired) electrons. The number of benzene rings is 1. The highest BCUT2D eigenvalue weighted by atomic mass is 19.4. The van der Waals surface area contributed by atoms with Crippen LogP contribution < -0.4 is 5.73 Å². The molecule has 4 nitrogen and oxygen atoms in total. The predicted molar refractivity (Wildman–Crippen MR) is 92.1 cm³/mol. The van der Waals surface area contributed by atoms with Gasteiger partial charge < -0.3 is 10.5 Å². The highest BCUT2D eigenvalue weighted by Crippen LogP contribution is 2.49. The zero-order valence-corrected chi connectivity index (χ0v) is 15.8. The number of halogens is 6. The maximum atomic E-state index is 13.3. The molecular formula is C20H16F6N2O2. The number of alkyl halides is 6. The van der Waals surface area contributed by atoms with Gasteiger partial charge >= 0.3 is 12.4 Å². The minimum Gasteiger partial charge on any atom is -0.444 e. The number of nitrogens with two attached hydrogens (primary N) is 1. The monoisotopic (exact) mass is 430 g/mol. The molecule has 1 heterocycles. The number of hydrogen-bond donors (Lipinski definition) is 1. The maximum Gasteiger partial charge on any atom is 0.416 e. The minimum absolute atomic E-state index is 0.00457. The third-order valence-corrected chi connectivity index (χ3v) is 5.02. The Hall–Kier alpha value is -2.96. The van der Waals surface area contributed by atoms with Crippen molar-refractivity contribution < 1.29 is 35.9 Å². The van der Waals surface area contributed by atoms with E-state index in [4.69, 9.17) is 10.5 Å². The van der Waals surface area contributed by atoms with E-state index in [-0.39, 0.29) is 30.2 Å². The van der Waals surface area contributed by atoms with Gasteiger partial charge in [0.25, 0.3) is 0 Å². The van der Waals surface area contributed by atoms with E-state index >= 15 is 0 Å². The van der Waals surface area contributed by atoms with E-state index in [0.29, 0.717) is 12.1 Å². The molecule has 0 spiro atoms. The number of allylic oxidation sites excluding steroid dienone is 3. The first kappa shape index (κ1) is 21.7. The quantitative estimate of drug-likeness (QED) is 0.624. The van der Waals surface area contributed by atoms with Crippen LogP contribution in [0.4, 0.5) is 26.3 Å². The summed E-state index contributed by atoms with van der Waals surface area (Å²) < 4.78 is 85.2. The zero-order chi connectivity index (χ0) is 22.6. The molecule has 1 aromatic carbocycles. The van der Waals surface area contributed by atoms with Crippen molar-refractivity contribution in [2.45, 2.75) is 45.0 Å². The molecule has 2 N–H and O–H groups in total. The normalized spacial score (nSPS) is 21.8. The lowest BCUT2D eigenvalue weighted by molar-refractivity contribution is -0.143. The molecule has 3 rings (SSSR count). The van der Waals surface area contributed by atoms with Gasteiger partial charge in [0.2, 0.25) is 5.88 Å². The average molecular weight is 430 g/mol. The third kappa shape index (κ3) is 3.88. The van der Waals surface area contributed by atoms with Crippen molar-refractivity contribution in [1.29, 1.82) is 5.26 Å². The van der Waals surface area contributed by atoms with Crippen LogP contribution in [0.1, 0.15) is 49.3 Å². The molecule has 0 saturated carbocycles. The molecule has 1 unspecified atom stereocenters. The summed E-state index contributed by atoms with van der Waals surface area (Å²) in [6.07, 6.45) is -9.96. The largest absolute Gasteiger partial charge is 0.444 e. The first-order chi connectivity index (χ1) is 13.6. The van der Waals surface area contributed by atoms with Crippen LogP contribution in [0.25, 0.3) is 0 Å². The number of rotatable bonds is 1. The van der Waals surface area contributed by atoms with Gasteiger partial charge in [-0.2, -0.15) is 31.6 Å². The Morgan fingerprint density at radius 3 is 2.07 bits per heavy atom. The molecule has 30 heavy (non-hydrogen) atoms. The molecule has 0 saturated heterocycles. The molecule has 0 bridgehead atoms. The summed E-state index contributed by atoms with van der Waals surface area (Å²) in [4.78, 5) is 12.8. The molecule has 10 heteroatoms. The Labute approximate surface area is 167 Å². The van der Waals surface area contributed by atoms with Crippen molar-refractivity contribution in [2.24, 2.45) is 11.1 Å². The molecule has 1 aliphatic carbocycles. The van der Waals surface area contributed by atoms with Crippen LogP contribution in [0.5, 0.6) is 0 Å². The fourth-order valence-electron chi connectivity index (χ4n) is 3.76. The fourth-order valence-corrected chi connectivity index (χ4v) is 3.76. The number of nitriles is 1. The second-order valence-electron chi connectivity index (χ2n) is 8.04. The van der Waals surface area contributed by atoms with Crippen molar-refractivity contribution >= 4 is 5.78 Å². The van der Waals surface area contributed by atoms with Crippen LogP contribution in [0, 0.1) is 16.7 Å². The van der Waals surface area contributed by atoms with E-state index in [1.54, 1.807) is 19.9 Å². The highest BCUT2D eigenvalue weighted by Gasteiger charge is 2.45. The molecule has 1 aromatic rings. The summed E-state index contributed by atoms with van der Waals surface area (Å²) in [6.45, 7) is 3.53. The molecule has 0 fully saturated rings. The van der Waals surface area contributed by atoms with Gasteiger partial charge in [-0.05, 0) is 29.2 Å². The fraction of sp³-hybridized carbons (Fsp3) is 0.400. The lowest BCUT2D eigenvalue weighted by Crippen LogP contribution is -2.33. The summed E-state index contributed by atoms with van der Waals surface area (Å²) >= 11 is 0. The standard InChI is InChI=1S/C20H16F6N2O2/c1-18(2)6-13(29)16-14(7-18)30-17(28)12(8-27)15(16)9-3-10(19(21,22)23)5-11(4-9)20(24,25)26/h3-5,15H,6-7,28H2,1-2H3. The number of ketones is 1. The van der Waals surface area contributed by atoms with Crippen molar-refractivity contribution in [1.82, 2.24) is 0 Å². The van der Waals surface area contributed by atoms with Gasteiger partial charge in [0.1, 0.15) is 17.4 Å². The Bertz CT molecular complexity index is 993. The zero-order valence-electron chi connectivity index (χ0n) is 15.8. The molecule has 1 atom stereocenters. The number of Topliss-reactive ketones (excluding diaryl/α,β-unsaturated/α-hetero) is 1. The topological polar surface area (TPSA) is 76.1 Å². The maximum absolute atomic E-state index is 13.3. The van der Waals surface area contributed by atoms with Gasteiger partial charge in [0, 0.05) is 18.4 Å². The lowest BCUT2D eigenvalue weighted by atomic mass is 9.70. The van der Waals surface area contributed by atoms with E-state index in [9.17, 15) is 36.4 Å². The lowest BCUT2D eigenvalue weighted by Gasteiger charge is -2.37. The van der Waals surface area contributed by atoms with Gasteiger partial charge in [0.15, 0.2) is 5.78 Å². The van der Waals surface area contributed by atoms with E-state index in [2.05, 4.69) is 0 Å². The third-order valence-electron chi connectivity index (χ3n) is 5.02. The van der Waals surface area contributed by atoms with Gasteiger partial charge in [-0.1, -0.05) is 13.8 Å². The average Bonchev–Trinajstić information content (AvgIpc) is 2.57. The number of carbonyl (C=O) groups excluding carboxylic acids is 1. The second kappa shape index (κ2) is 6.79. The molecule has 2 aliphatic rings. The summed E-state index contributed by atoms with van der Waals surface area (Å²) in [6, 6.07) is 2.68. The summed E-state index contributed by atoms with van der Waals surface area (Å²) in [5.74, 6) is -2.38. The Balaban J connectivity index is 2.30. The Morgan fingerprint density at radius 2 is 1.60 bits per heavy atom. The Kier molecular flexibility index (Phi) is 4.92. The molecule has 0 aromatic heterocycles. The van der Waals surface area contributed by atoms with Crippen molar-refractivity contribution in [3.63, 3.8) is 0 Å². The van der Waals surface area contributed by atoms with Gasteiger partial charge in [-0.15, -0.1) is 0 Å². The van der Waals surface area contributed by atoms with Gasteiger partial charge in [-0.25, -0.2) is 0 Å². The van der Waals surface area contributed by atoms with Crippen LogP contribution in [-0.2, 0) is 21.9 Å². The van der Waals surface area contributed by atoms with E-state index < -0.39 is 57.6 Å². The van der Waals surface area contributed by atoms with Crippen LogP contribution in [0.15, 0.2) is 41.0 Å². The molecule has 1 aliphatic heterocycles. The van der Waals surface area contributed by atoms with E-state index in [1.807, 2.05) is 0 Å². The smallest absolute Gasteiger partial charge is 0.416 e. The molecule has 0 amide bonds. The predicted octanol–water partition coefficient (Wildman–Crippen LogP) is 5.18. The summed E-state index contributed by atoms with van der Waals surface area (Å²) in [7, 11) is 0. The first-order valence-corrected chi connectivity index (χ1v) is 8.77. The first-order valence-electron chi connectivity index (χ1n) is 8.77. The summed E-state index contributed by atoms with van der Waals surface area (Å²) in [5, 5.41) is 9.48. The van der Waals surface area contributed by atoms with E-state index in [1.165, 1.54) is 0 Å². The number of hydrogen-bond acceptors (Lipinski definition) is 4. The van der Waals surface area contributed by atoms with E-state index in [0.717, 1.165) is 0 Å². The SMILES string of the molecule is CC1(C)CC(=O)C2=C(C1)OC(N)=C(C#N)C2c1cc(C(F)(F)F)cc(C(F)(F)F)c1. The van der Waals surface area contributed by atoms with Crippen molar-refractivity contribution in [2.75, 3.05) is 0 Å². The summed E-state index contributed by atoms with van der Waals surface area (Å²) in [5.41, 5.74) is 1.08. The van der Waals surface area contributed by atoms with Crippen LogP contribution >= 0.6 is 0 Å². The Morgan fingerprint density at radius 1 is 1.07 bits per heavy atom. The minimum atomic E-state index is -5.07. The number of nitrogens with zero attached hydrogens (tertiary/aromatic N) is 1. The van der Waals surface area contributed by atoms with Crippen molar-refractivity contribution in [3.8, 4) is 6.07 Å². The van der Waals surface area contributed by atoms with Crippen LogP contribution in [0.3, 0.4) is 0 Å². The second-order valence-corrected chi connectivity index (χ2v) is 8.04. The molecule has 160 valence electrons.